The Labute approximate surface area is 130 Å². The Bertz CT molecular complexity index is 831. The molecule has 4 rings (SSSR count). The van der Waals surface area contributed by atoms with E-state index >= 15 is 0 Å². The van der Waals surface area contributed by atoms with Crippen LogP contribution in [0.1, 0.15) is 33.9 Å². The average Bonchev–Trinajstić information content (AvgIpc) is 2.92. The Kier molecular flexibility index (Phi) is 3.09. The number of aliphatic hydroxyl groups excluding tert-OH is 1. The first-order valence-corrected chi connectivity index (χ1v) is 7.68. The van der Waals surface area contributed by atoms with Gasteiger partial charge in [-0.2, -0.15) is 0 Å². The number of aryl methyl sites for hydroxylation is 1. The van der Waals surface area contributed by atoms with Crippen molar-refractivity contribution in [2.24, 2.45) is 0 Å². The van der Waals surface area contributed by atoms with Crippen molar-refractivity contribution in [3.8, 4) is 11.1 Å². The molecule has 1 unspecified atom stereocenters. The molecule has 1 N–H and O–H groups in total. The third-order valence-corrected chi connectivity index (χ3v) is 4.53. The fourth-order valence-electron chi connectivity index (χ4n) is 3.28. The lowest BCUT2D eigenvalue weighted by Gasteiger charge is -2.13. The summed E-state index contributed by atoms with van der Waals surface area (Å²) in [6.07, 6.45) is 0.398. The summed E-state index contributed by atoms with van der Waals surface area (Å²) in [4.78, 5) is 0. The summed E-state index contributed by atoms with van der Waals surface area (Å²) >= 11 is 0. The van der Waals surface area contributed by atoms with Crippen molar-refractivity contribution in [2.45, 2.75) is 19.4 Å². The summed E-state index contributed by atoms with van der Waals surface area (Å²) in [5.41, 5.74) is 8.44. The molecule has 0 aromatic heterocycles. The van der Waals surface area contributed by atoms with Gasteiger partial charge in [-0.3, -0.25) is 0 Å². The molecule has 0 radical (unpaired) electrons. The summed E-state index contributed by atoms with van der Waals surface area (Å²) in [5, 5.41) is 10.6. The maximum absolute atomic E-state index is 10.6. The van der Waals surface area contributed by atoms with Gasteiger partial charge in [-0.05, 0) is 46.7 Å². The smallest absolute Gasteiger partial charge is 0.104 e. The van der Waals surface area contributed by atoms with Crippen LogP contribution in [0.2, 0.25) is 0 Å². The summed E-state index contributed by atoms with van der Waals surface area (Å²) in [6.45, 7) is 2.06. The van der Waals surface area contributed by atoms with Crippen LogP contribution in [-0.2, 0) is 6.42 Å². The lowest BCUT2D eigenvalue weighted by atomic mass is 9.96. The summed E-state index contributed by atoms with van der Waals surface area (Å²) < 4.78 is 0. The van der Waals surface area contributed by atoms with E-state index in [1.54, 1.807) is 0 Å². The van der Waals surface area contributed by atoms with E-state index in [1.165, 1.54) is 27.8 Å². The summed E-state index contributed by atoms with van der Waals surface area (Å²) in [5.74, 6) is 0. The molecule has 0 fully saturated rings. The van der Waals surface area contributed by atoms with Gasteiger partial charge in [0.25, 0.3) is 0 Å². The van der Waals surface area contributed by atoms with Crippen molar-refractivity contribution in [3.63, 3.8) is 0 Å². The highest BCUT2D eigenvalue weighted by molar-refractivity contribution is 5.77. The molecule has 1 heteroatoms. The van der Waals surface area contributed by atoms with Gasteiger partial charge in [-0.15, -0.1) is 0 Å². The van der Waals surface area contributed by atoms with Gasteiger partial charge >= 0.3 is 0 Å². The Morgan fingerprint density at radius 1 is 0.773 bits per heavy atom. The molecule has 0 aliphatic heterocycles. The van der Waals surface area contributed by atoms with Crippen LogP contribution in [0.25, 0.3) is 11.1 Å². The van der Waals surface area contributed by atoms with Gasteiger partial charge in [-0.1, -0.05) is 72.3 Å². The van der Waals surface area contributed by atoms with Crippen molar-refractivity contribution >= 4 is 0 Å². The van der Waals surface area contributed by atoms with Gasteiger partial charge in [-0.25, -0.2) is 0 Å². The lowest BCUT2D eigenvalue weighted by molar-refractivity contribution is 0.220. The predicted molar refractivity (Wildman–Crippen MR) is 89.9 cm³/mol. The Morgan fingerprint density at radius 2 is 1.45 bits per heavy atom. The number of hydrogen-bond acceptors (Lipinski definition) is 1. The van der Waals surface area contributed by atoms with E-state index in [2.05, 4.69) is 43.3 Å². The molecule has 1 nitrogen and oxygen atoms in total. The van der Waals surface area contributed by atoms with Crippen LogP contribution in [0, 0.1) is 6.92 Å². The van der Waals surface area contributed by atoms with Crippen LogP contribution in [0.15, 0.2) is 66.7 Å². The van der Waals surface area contributed by atoms with Gasteiger partial charge in [0.05, 0.1) is 0 Å². The Morgan fingerprint density at radius 3 is 2.27 bits per heavy atom. The molecule has 0 bridgehead atoms. The van der Waals surface area contributed by atoms with Crippen LogP contribution >= 0.6 is 0 Å². The Hall–Kier alpha value is -2.38. The van der Waals surface area contributed by atoms with Crippen LogP contribution in [0.4, 0.5) is 0 Å². The second-order valence-corrected chi connectivity index (χ2v) is 6.06. The highest BCUT2D eigenvalue weighted by atomic mass is 16.3. The standard InChI is InChI=1S/C21H18O/c1-14-6-8-15(9-7-14)21(22)17-10-11-20-18(13-17)12-16-4-2-3-5-19(16)20/h2-11,13,21-22H,12H2,1H3. The number of benzene rings is 3. The molecule has 3 aromatic rings. The molecule has 0 heterocycles. The minimum absolute atomic E-state index is 0.561. The highest BCUT2D eigenvalue weighted by Crippen LogP contribution is 2.38. The molecular formula is C21H18O. The van der Waals surface area contributed by atoms with E-state index in [0.717, 1.165) is 17.5 Å². The average molecular weight is 286 g/mol. The molecule has 1 aliphatic carbocycles. The van der Waals surface area contributed by atoms with E-state index in [0.29, 0.717) is 0 Å². The molecule has 22 heavy (non-hydrogen) atoms. The van der Waals surface area contributed by atoms with Crippen molar-refractivity contribution in [3.05, 3.63) is 94.5 Å². The first-order chi connectivity index (χ1) is 10.7. The monoisotopic (exact) mass is 286 g/mol. The molecule has 1 aliphatic rings. The normalized spacial score (nSPS) is 13.5. The molecule has 108 valence electrons. The van der Waals surface area contributed by atoms with Crippen LogP contribution in [0.3, 0.4) is 0 Å². The zero-order chi connectivity index (χ0) is 15.1. The SMILES string of the molecule is Cc1ccc(C(O)c2ccc3c(c2)Cc2ccccc2-3)cc1. The lowest BCUT2D eigenvalue weighted by Crippen LogP contribution is -2.00. The fraction of sp³-hybridized carbons (Fsp3) is 0.143. The van der Waals surface area contributed by atoms with E-state index < -0.39 is 6.10 Å². The molecular weight excluding hydrogens is 268 g/mol. The van der Waals surface area contributed by atoms with E-state index in [-0.39, 0.29) is 0 Å². The van der Waals surface area contributed by atoms with Gasteiger partial charge in [0.2, 0.25) is 0 Å². The molecule has 0 spiro atoms. The minimum Gasteiger partial charge on any atom is -0.384 e. The zero-order valence-corrected chi connectivity index (χ0v) is 12.6. The second-order valence-electron chi connectivity index (χ2n) is 6.06. The third-order valence-electron chi connectivity index (χ3n) is 4.53. The summed E-state index contributed by atoms with van der Waals surface area (Å²) in [6, 6.07) is 23.0. The maximum atomic E-state index is 10.6. The van der Waals surface area contributed by atoms with Crippen LogP contribution in [0.5, 0.6) is 0 Å². The topological polar surface area (TPSA) is 20.2 Å². The van der Waals surface area contributed by atoms with Gasteiger partial charge in [0.15, 0.2) is 0 Å². The first-order valence-electron chi connectivity index (χ1n) is 7.68. The largest absolute Gasteiger partial charge is 0.384 e. The van der Waals surface area contributed by atoms with Crippen LogP contribution in [-0.4, -0.2) is 5.11 Å². The molecule has 0 saturated heterocycles. The molecule has 0 saturated carbocycles. The quantitative estimate of drug-likeness (QED) is 0.569. The number of aliphatic hydroxyl groups is 1. The van der Waals surface area contributed by atoms with Crippen molar-refractivity contribution < 1.29 is 5.11 Å². The Balaban J connectivity index is 1.71. The summed E-state index contributed by atoms with van der Waals surface area (Å²) in [7, 11) is 0. The second kappa shape index (κ2) is 5.11. The molecule has 0 amide bonds. The van der Waals surface area contributed by atoms with Gasteiger partial charge < -0.3 is 5.11 Å². The zero-order valence-electron chi connectivity index (χ0n) is 12.6. The van der Waals surface area contributed by atoms with Crippen molar-refractivity contribution in [2.75, 3.05) is 0 Å². The maximum Gasteiger partial charge on any atom is 0.104 e. The predicted octanol–water partition coefficient (Wildman–Crippen LogP) is 4.65. The molecule has 3 aromatic carbocycles. The van der Waals surface area contributed by atoms with E-state index in [1.807, 2.05) is 30.3 Å². The van der Waals surface area contributed by atoms with Crippen molar-refractivity contribution in [1.29, 1.82) is 0 Å². The first kappa shape index (κ1) is 13.3. The number of rotatable bonds is 2. The third kappa shape index (κ3) is 2.15. The van der Waals surface area contributed by atoms with Crippen LogP contribution < -0.4 is 0 Å². The van der Waals surface area contributed by atoms with Gasteiger partial charge in [0.1, 0.15) is 6.10 Å². The van der Waals surface area contributed by atoms with E-state index in [4.69, 9.17) is 0 Å². The highest BCUT2D eigenvalue weighted by Gasteiger charge is 2.19. The number of fused-ring (bicyclic) bond motifs is 3. The van der Waals surface area contributed by atoms with Gasteiger partial charge in [0, 0.05) is 0 Å². The van der Waals surface area contributed by atoms with Crippen molar-refractivity contribution in [1.82, 2.24) is 0 Å². The van der Waals surface area contributed by atoms with E-state index in [9.17, 15) is 5.11 Å². The fourth-order valence-corrected chi connectivity index (χ4v) is 3.28. The minimum atomic E-state index is -0.561. The molecule has 1 atom stereocenters. The number of hydrogen-bond donors (Lipinski definition) is 1.